The molecule has 0 spiro atoms. The summed E-state index contributed by atoms with van der Waals surface area (Å²) in [6.07, 6.45) is 1.40. The van der Waals surface area contributed by atoms with Crippen LogP contribution in [0.1, 0.15) is 28.9 Å². The fourth-order valence-electron chi connectivity index (χ4n) is 4.22. The van der Waals surface area contributed by atoms with Crippen molar-refractivity contribution < 1.29 is 14.6 Å². The molecule has 0 aliphatic carbocycles. The monoisotopic (exact) mass is 427 g/mol. The lowest BCUT2D eigenvalue weighted by molar-refractivity contribution is -0.0817. The first-order chi connectivity index (χ1) is 12.5. The number of carbonyl (C=O) groups is 1. The molecule has 2 N–H and O–H groups in total. The van der Waals surface area contributed by atoms with Gasteiger partial charge in [0.15, 0.2) is 0 Å². The number of likely N-dealkylation sites (tertiary alicyclic amines) is 1. The lowest BCUT2D eigenvalue weighted by Crippen LogP contribution is -2.59. The van der Waals surface area contributed by atoms with Gasteiger partial charge >= 0.3 is 0 Å². The second-order valence-electron chi connectivity index (χ2n) is 7.45. The molecule has 2 saturated heterocycles. The highest BCUT2D eigenvalue weighted by Gasteiger charge is 2.44. The van der Waals surface area contributed by atoms with E-state index < -0.39 is 5.60 Å². The Bertz CT molecular complexity index is 864. The van der Waals surface area contributed by atoms with E-state index in [0.29, 0.717) is 25.1 Å². The maximum Gasteiger partial charge on any atom is 0.254 e. The Morgan fingerprint density at radius 3 is 2.86 bits per heavy atom. The van der Waals surface area contributed by atoms with Crippen molar-refractivity contribution in [3.8, 4) is 5.75 Å². The zero-order chi connectivity index (χ0) is 18.3. The average molecular weight is 428 g/mol. The van der Waals surface area contributed by atoms with Crippen LogP contribution in [-0.4, -0.2) is 59.8 Å². The molecule has 28 heavy (non-hydrogen) atoms. The minimum Gasteiger partial charge on any atom is -0.497 e. The Balaban J connectivity index is 0.00000140. The van der Waals surface area contributed by atoms with E-state index in [1.807, 2.05) is 36.1 Å². The normalized spacial score (nSPS) is 24.0. The molecule has 1 amide bonds. The molecule has 2 atom stereocenters. The Labute approximate surface area is 177 Å². The molecule has 0 saturated carbocycles. The first-order valence-electron chi connectivity index (χ1n) is 9.18. The van der Waals surface area contributed by atoms with Gasteiger partial charge in [0.1, 0.15) is 5.75 Å². The number of hydrogen-bond acceptors (Lipinski definition) is 5. The van der Waals surface area contributed by atoms with E-state index in [0.717, 1.165) is 41.9 Å². The van der Waals surface area contributed by atoms with Gasteiger partial charge in [-0.05, 0) is 44.5 Å². The molecule has 3 heterocycles. The number of nitrogens with one attached hydrogen (secondary N) is 1. The Kier molecular flexibility index (Phi) is 7.15. The number of carbonyl (C=O) groups excluding carboxylic acids is 1. The second-order valence-corrected chi connectivity index (χ2v) is 7.45. The van der Waals surface area contributed by atoms with Crippen LogP contribution in [0.4, 0.5) is 0 Å². The maximum absolute atomic E-state index is 13.3. The lowest BCUT2D eigenvalue weighted by Gasteiger charge is -2.47. The molecular weight excluding hydrogens is 401 g/mol. The summed E-state index contributed by atoms with van der Waals surface area (Å²) in [5.74, 6) is 0.826. The van der Waals surface area contributed by atoms with Crippen LogP contribution in [0.5, 0.6) is 5.75 Å². The summed E-state index contributed by atoms with van der Waals surface area (Å²) in [7, 11) is 1.62. The lowest BCUT2D eigenvalue weighted by atomic mass is 9.76. The van der Waals surface area contributed by atoms with Gasteiger partial charge in [-0.15, -0.1) is 24.8 Å². The zero-order valence-corrected chi connectivity index (χ0v) is 17.7. The summed E-state index contributed by atoms with van der Waals surface area (Å²) in [6.45, 7) is 4.67. The number of aliphatic hydroxyl groups is 1. The van der Waals surface area contributed by atoms with Gasteiger partial charge in [-0.1, -0.05) is 0 Å². The largest absolute Gasteiger partial charge is 0.497 e. The number of amides is 1. The number of pyridine rings is 1. The summed E-state index contributed by atoms with van der Waals surface area (Å²) in [5, 5.41) is 15.0. The van der Waals surface area contributed by atoms with Gasteiger partial charge in [-0.3, -0.25) is 9.78 Å². The number of aromatic nitrogens is 1. The van der Waals surface area contributed by atoms with Crippen LogP contribution >= 0.6 is 24.8 Å². The quantitative estimate of drug-likeness (QED) is 0.769. The highest BCUT2D eigenvalue weighted by atomic mass is 35.5. The SMILES string of the molecule is COc1ccc2c(C(=O)N3CC[C@@]4(O)CCNC[C@H]4C3)cc(C)nc2c1.Cl.Cl. The first-order valence-corrected chi connectivity index (χ1v) is 9.18. The van der Waals surface area contributed by atoms with Crippen LogP contribution < -0.4 is 10.1 Å². The van der Waals surface area contributed by atoms with E-state index in [-0.39, 0.29) is 36.6 Å². The third kappa shape index (κ3) is 4.06. The molecule has 2 aliphatic rings. The molecule has 2 fully saturated rings. The fraction of sp³-hybridized carbons (Fsp3) is 0.500. The van der Waals surface area contributed by atoms with E-state index in [1.54, 1.807) is 7.11 Å². The van der Waals surface area contributed by atoms with Crippen molar-refractivity contribution in [1.82, 2.24) is 15.2 Å². The minimum absolute atomic E-state index is 0. The van der Waals surface area contributed by atoms with Gasteiger partial charge in [0, 0.05) is 42.7 Å². The number of ether oxygens (including phenoxy) is 1. The second kappa shape index (κ2) is 8.82. The summed E-state index contributed by atoms with van der Waals surface area (Å²) < 4.78 is 5.28. The molecule has 8 heteroatoms. The zero-order valence-electron chi connectivity index (χ0n) is 16.1. The van der Waals surface area contributed by atoms with Crippen molar-refractivity contribution in [2.45, 2.75) is 25.4 Å². The maximum atomic E-state index is 13.3. The van der Waals surface area contributed by atoms with E-state index >= 15 is 0 Å². The molecule has 0 unspecified atom stereocenters. The molecule has 1 aromatic heterocycles. The third-order valence-electron chi connectivity index (χ3n) is 5.80. The molecule has 4 rings (SSSR count). The minimum atomic E-state index is -0.633. The molecule has 2 aliphatic heterocycles. The molecule has 0 bridgehead atoms. The van der Waals surface area contributed by atoms with Crippen LogP contribution in [0.25, 0.3) is 10.9 Å². The fourth-order valence-corrected chi connectivity index (χ4v) is 4.22. The van der Waals surface area contributed by atoms with Crippen LogP contribution in [-0.2, 0) is 0 Å². The number of halogens is 2. The number of nitrogens with zero attached hydrogens (tertiary/aromatic N) is 2. The van der Waals surface area contributed by atoms with Crippen LogP contribution in [0.3, 0.4) is 0 Å². The third-order valence-corrected chi connectivity index (χ3v) is 5.80. The standard InChI is InChI=1S/C20H25N3O3.2ClH/c1-13-9-17(16-4-3-15(26-2)10-18(16)22-13)19(24)23-8-6-20(25)5-7-21-11-14(20)12-23;;/h3-4,9-10,14,21,25H,5-8,11-12H2,1-2H3;2*1H/t14-,20-;;/m0../s1. The first kappa shape index (κ1) is 22.7. The summed E-state index contributed by atoms with van der Waals surface area (Å²) in [5.41, 5.74) is 1.61. The predicted octanol–water partition coefficient (Wildman–Crippen LogP) is 2.58. The van der Waals surface area contributed by atoms with E-state index in [1.165, 1.54) is 0 Å². The molecule has 0 radical (unpaired) electrons. The number of rotatable bonds is 2. The van der Waals surface area contributed by atoms with Crippen LogP contribution in [0.2, 0.25) is 0 Å². The van der Waals surface area contributed by atoms with Gasteiger partial charge in [0.25, 0.3) is 5.91 Å². The van der Waals surface area contributed by atoms with E-state index in [9.17, 15) is 9.90 Å². The number of hydrogen-bond donors (Lipinski definition) is 2. The number of fused-ring (bicyclic) bond motifs is 2. The number of methoxy groups -OCH3 is 1. The van der Waals surface area contributed by atoms with E-state index in [4.69, 9.17) is 4.74 Å². The molecule has 1 aromatic carbocycles. The summed E-state index contributed by atoms with van der Waals surface area (Å²) in [6, 6.07) is 7.47. The highest BCUT2D eigenvalue weighted by molar-refractivity contribution is 6.06. The van der Waals surface area contributed by atoms with Crippen molar-refractivity contribution in [1.29, 1.82) is 0 Å². The number of aryl methyl sites for hydroxylation is 1. The van der Waals surface area contributed by atoms with Crippen molar-refractivity contribution in [2.24, 2.45) is 5.92 Å². The number of piperidine rings is 2. The number of benzene rings is 1. The summed E-state index contributed by atoms with van der Waals surface area (Å²) >= 11 is 0. The topological polar surface area (TPSA) is 74.7 Å². The molecular formula is C20H27Cl2N3O3. The van der Waals surface area contributed by atoms with Crippen LogP contribution in [0.15, 0.2) is 24.3 Å². The van der Waals surface area contributed by atoms with Gasteiger partial charge < -0.3 is 20.1 Å². The Morgan fingerprint density at radius 1 is 1.32 bits per heavy atom. The highest BCUT2D eigenvalue weighted by Crippen LogP contribution is 2.34. The van der Waals surface area contributed by atoms with Gasteiger partial charge in [-0.2, -0.15) is 0 Å². The van der Waals surface area contributed by atoms with Crippen LogP contribution in [0, 0.1) is 12.8 Å². The van der Waals surface area contributed by atoms with Crippen molar-refractivity contribution in [2.75, 3.05) is 33.3 Å². The summed E-state index contributed by atoms with van der Waals surface area (Å²) in [4.78, 5) is 19.7. The Morgan fingerprint density at radius 2 is 2.11 bits per heavy atom. The van der Waals surface area contributed by atoms with Crippen molar-refractivity contribution in [3.05, 3.63) is 35.5 Å². The van der Waals surface area contributed by atoms with Crippen molar-refractivity contribution in [3.63, 3.8) is 0 Å². The predicted molar refractivity (Wildman–Crippen MR) is 114 cm³/mol. The van der Waals surface area contributed by atoms with Gasteiger partial charge in [0.05, 0.1) is 23.8 Å². The molecule has 154 valence electrons. The van der Waals surface area contributed by atoms with Gasteiger partial charge in [-0.25, -0.2) is 0 Å². The smallest absolute Gasteiger partial charge is 0.254 e. The average Bonchev–Trinajstić information content (AvgIpc) is 2.65. The molecule has 6 nitrogen and oxygen atoms in total. The Hall–Kier alpha value is -1.60. The van der Waals surface area contributed by atoms with Gasteiger partial charge in [0.2, 0.25) is 0 Å². The van der Waals surface area contributed by atoms with E-state index in [2.05, 4.69) is 10.3 Å². The van der Waals surface area contributed by atoms with Crippen molar-refractivity contribution >= 4 is 41.6 Å². The molecule has 2 aromatic rings.